The van der Waals surface area contributed by atoms with E-state index in [9.17, 15) is 14.7 Å². The van der Waals surface area contributed by atoms with Gasteiger partial charge in [-0.05, 0) is 87.0 Å². The van der Waals surface area contributed by atoms with Gasteiger partial charge in [0.05, 0.1) is 5.60 Å². The molecular weight excluding hydrogens is 372 g/mol. The summed E-state index contributed by atoms with van der Waals surface area (Å²) in [6.07, 6.45) is 8.32. The molecule has 0 bridgehead atoms. The van der Waals surface area contributed by atoms with Crippen LogP contribution in [-0.4, -0.2) is 22.3 Å². The van der Waals surface area contributed by atoms with E-state index >= 15 is 0 Å². The molecule has 0 aliphatic heterocycles. The molecule has 2 saturated carbocycles. The van der Waals surface area contributed by atoms with Crippen LogP contribution < -0.4 is 0 Å². The highest BCUT2D eigenvalue weighted by Gasteiger charge is 2.60. The van der Waals surface area contributed by atoms with Crippen LogP contribution in [0.4, 0.5) is 0 Å². The van der Waals surface area contributed by atoms with Crippen molar-refractivity contribution in [2.45, 2.75) is 77.2 Å². The third kappa shape index (κ3) is 2.81. The minimum Gasteiger partial charge on any atom is -0.390 e. The summed E-state index contributed by atoms with van der Waals surface area (Å²) < 4.78 is 0. The number of allylic oxidation sites excluding steroid dienone is 4. The first-order chi connectivity index (χ1) is 14.2. The van der Waals surface area contributed by atoms with Crippen LogP contribution in [0.3, 0.4) is 0 Å². The van der Waals surface area contributed by atoms with E-state index in [-0.39, 0.29) is 22.9 Å². The Bertz CT molecular complexity index is 978. The summed E-state index contributed by atoms with van der Waals surface area (Å²) in [5.74, 6) is 1.58. The zero-order chi connectivity index (χ0) is 21.3. The first-order valence-corrected chi connectivity index (χ1v) is 11.5. The quantitative estimate of drug-likeness (QED) is 0.659. The second kappa shape index (κ2) is 6.75. The molecule has 0 radical (unpaired) electrons. The van der Waals surface area contributed by atoms with E-state index in [1.165, 1.54) is 22.3 Å². The zero-order valence-corrected chi connectivity index (χ0v) is 18.3. The maximum absolute atomic E-state index is 12.1. The molecule has 1 aromatic carbocycles. The summed E-state index contributed by atoms with van der Waals surface area (Å²) in [6.45, 7) is 5.95. The Labute approximate surface area is 179 Å². The third-order valence-electron chi connectivity index (χ3n) is 9.02. The molecule has 30 heavy (non-hydrogen) atoms. The van der Waals surface area contributed by atoms with Gasteiger partial charge in [0.1, 0.15) is 0 Å². The Morgan fingerprint density at radius 3 is 2.50 bits per heavy atom. The van der Waals surface area contributed by atoms with E-state index in [0.717, 1.165) is 44.1 Å². The topological polar surface area (TPSA) is 54.4 Å². The minimum absolute atomic E-state index is 0.0875. The van der Waals surface area contributed by atoms with Gasteiger partial charge in [-0.15, -0.1) is 0 Å². The number of benzene rings is 1. The van der Waals surface area contributed by atoms with Crippen LogP contribution in [0.2, 0.25) is 0 Å². The van der Waals surface area contributed by atoms with E-state index in [4.69, 9.17) is 0 Å². The van der Waals surface area contributed by atoms with Crippen molar-refractivity contribution in [2.75, 3.05) is 0 Å². The smallest absolute Gasteiger partial charge is 0.159 e. The molecule has 3 heteroatoms. The van der Waals surface area contributed by atoms with Crippen LogP contribution in [-0.2, 0) is 4.79 Å². The van der Waals surface area contributed by atoms with Crippen molar-refractivity contribution in [1.29, 1.82) is 0 Å². The highest BCUT2D eigenvalue weighted by Crippen LogP contribution is 2.66. The molecule has 0 aromatic heterocycles. The van der Waals surface area contributed by atoms with Gasteiger partial charge in [0.15, 0.2) is 11.6 Å². The van der Waals surface area contributed by atoms with Crippen molar-refractivity contribution >= 4 is 11.6 Å². The Morgan fingerprint density at radius 2 is 1.80 bits per heavy atom. The highest BCUT2D eigenvalue weighted by atomic mass is 16.3. The van der Waals surface area contributed by atoms with Crippen LogP contribution in [0.25, 0.3) is 0 Å². The number of hydrogen-bond donors (Lipinski definition) is 1. The lowest BCUT2D eigenvalue weighted by molar-refractivity contribution is -0.114. The van der Waals surface area contributed by atoms with Gasteiger partial charge in [-0.25, -0.2) is 0 Å². The third-order valence-corrected chi connectivity index (χ3v) is 9.02. The molecule has 1 aromatic rings. The molecule has 5 atom stereocenters. The van der Waals surface area contributed by atoms with Gasteiger partial charge >= 0.3 is 0 Å². The van der Waals surface area contributed by atoms with Crippen molar-refractivity contribution in [3.05, 3.63) is 58.2 Å². The van der Waals surface area contributed by atoms with Crippen molar-refractivity contribution in [3.8, 4) is 0 Å². The van der Waals surface area contributed by atoms with Crippen LogP contribution in [0.1, 0.15) is 87.6 Å². The number of carbonyl (C=O) groups excluding carboxylic acids is 2. The standard InChI is InChI=1S/C27H32O3/c1-16(28)17-4-6-18(7-5-17)23-15-26(2)24(12-13-27(26,3)30)22-10-8-19-14-20(29)9-11-21(19)25(22)23/h4-7,14,22-24,30H,8-13,15H2,1-3H3/t22-,23+,24-,26-,27-/m0/s1. The summed E-state index contributed by atoms with van der Waals surface area (Å²) in [5, 5.41) is 11.4. The van der Waals surface area contributed by atoms with Gasteiger partial charge in [-0.2, -0.15) is 0 Å². The minimum atomic E-state index is -0.649. The monoisotopic (exact) mass is 404 g/mol. The van der Waals surface area contributed by atoms with Crippen molar-refractivity contribution < 1.29 is 14.7 Å². The SMILES string of the molecule is CC(=O)c1ccc([C@H]2C[C@@]3(C)[C@@H](CC[C@]3(C)O)[C@@H]3CCC4=CC(=O)CCC4=C32)cc1. The molecule has 0 amide bonds. The first kappa shape index (κ1) is 19.9. The number of aliphatic hydroxyl groups is 1. The summed E-state index contributed by atoms with van der Waals surface area (Å²) in [6, 6.07) is 8.13. The Balaban J connectivity index is 1.67. The number of hydrogen-bond acceptors (Lipinski definition) is 3. The second-order valence-corrected chi connectivity index (χ2v) is 10.5. The van der Waals surface area contributed by atoms with Crippen LogP contribution >= 0.6 is 0 Å². The zero-order valence-electron chi connectivity index (χ0n) is 18.3. The largest absolute Gasteiger partial charge is 0.390 e. The number of ketones is 2. The molecule has 2 fully saturated rings. The van der Waals surface area contributed by atoms with Gasteiger partial charge in [0.25, 0.3) is 0 Å². The molecule has 0 heterocycles. The van der Waals surface area contributed by atoms with E-state index in [2.05, 4.69) is 19.1 Å². The first-order valence-electron chi connectivity index (χ1n) is 11.5. The van der Waals surface area contributed by atoms with Gasteiger partial charge < -0.3 is 5.11 Å². The lowest BCUT2D eigenvalue weighted by Gasteiger charge is -2.54. The molecule has 5 rings (SSSR count). The summed E-state index contributed by atoms with van der Waals surface area (Å²) in [5.41, 5.74) is 5.45. The van der Waals surface area contributed by atoms with Crippen molar-refractivity contribution in [1.82, 2.24) is 0 Å². The Kier molecular flexibility index (Phi) is 4.49. The fraction of sp³-hybridized carbons (Fsp3) is 0.556. The van der Waals surface area contributed by atoms with Crippen LogP contribution in [0.5, 0.6) is 0 Å². The summed E-state index contributed by atoms with van der Waals surface area (Å²) >= 11 is 0. The fourth-order valence-electron chi connectivity index (χ4n) is 7.13. The average molecular weight is 405 g/mol. The van der Waals surface area contributed by atoms with E-state index in [1.54, 1.807) is 6.92 Å². The summed E-state index contributed by atoms with van der Waals surface area (Å²) in [7, 11) is 0. The summed E-state index contributed by atoms with van der Waals surface area (Å²) in [4.78, 5) is 23.9. The van der Waals surface area contributed by atoms with Gasteiger partial charge in [-0.1, -0.05) is 36.8 Å². The molecule has 0 unspecified atom stereocenters. The Hall–Kier alpha value is -2.00. The Morgan fingerprint density at radius 1 is 1.07 bits per heavy atom. The molecule has 0 spiro atoms. The molecule has 0 saturated heterocycles. The maximum atomic E-state index is 12.1. The second-order valence-electron chi connectivity index (χ2n) is 10.5. The van der Waals surface area contributed by atoms with Crippen molar-refractivity contribution in [2.24, 2.45) is 17.3 Å². The molecule has 4 aliphatic rings. The van der Waals surface area contributed by atoms with Gasteiger partial charge in [0.2, 0.25) is 0 Å². The fourth-order valence-corrected chi connectivity index (χ4v) is 7.13. The number of Topliss-reactive ketones (excluding diaryl/α,β-unsaturated/α-hetero) is 1. The number of carbonyl (C=O) groups is 2. The lowest BCUT2D eigenvalue weighted by Crippen LogP contribution is -2.50. The number of rotatable bonds is 2. The molecule has 4 aliphatic carbocycles. The van der Waals surface area contributed by atoms with Crippen LogP contribution in [0, 0.1) is 17.3 Å². The van der Waals surface area contributed by atoms with Gasteiger partial charge in [0, 0.05) is 23.3 Å². The number of fused-ring (bicyclic) bond motifs is 4. The molecule has 158 valence electrons. The average Bonchev–Trinajstić information content (AvgIpc) is 2.96. The lowest BCUT2D eigenvalue weighted by atomic mass is 9.51. The predicted molar refractivity (Wildman–Crippen MR) is 117 cm³/mol. The van der Waals surface area contributed by atoms with E-state index in [0.29, 0.717) is 18.3 Å². The molecular formula is C27H32O3. The maximum Gasteiger partial charge on any atom is 0.159 e. The molecule has 3 nitrogen and oxygen atoms in total. The highest BCUT2D eigenvalue weighted by molar-refractivity contribution is 5.94. The predicted octanol–water partition coefficient (Wildman–Crippen LogP) is 5.54. The van der Waals surface area contributed by atoms with Crippen molar-refractivity contribution in [3.63, 3.8) is 0 Å². The van der Waals surface area contributed by atoms with E-state index < -0.39 is 5.60 Å². The molecule has 1 N–H and O–H groups in total. The van der Waals surface area contributed by atoms with Crippen LogP contribution in [0.15, 0.2) is 47.1 Å². The van der Waals surface area contributed by atoms with E-state index in [1.807, 2.05) is 25.1 Å². The normalized spacial score (nSPS) is 37.9. The van der Waals surface area contributed by atoms with Gasteiger partial charge in [-0.3, -0.25) is 9.59 Å².